The maximum absolute atomic E-state index is 10.8. The summed E-state index contributed by atoms with van der Waals surface area (Å²) in [6.45, 7) is 2.75. The third-order valence-corrected chi connectivity index (χ3v) is 3.02. The van der Waals surface area contributed by atoms with E-state index in [1.807, 2.05) is 42.0 Å². The highest BCUT2D eigenvalue weighted by atomic mass is 35.5. The van der Waals surface area contributed by atoms with Gasteiger partial charge in [-0.3, -0.25) is 4.79 Å². The lowest BCUT2D eigenvalue weighted by Crippen LogP contribution is -2.19. The van der Waals surface area contributed by atoms with Gasteiger partial charge in [0.1, 0.15) is 11.1 Å². The average molecular weight is 268 g/mol. The molecular formula is C13H14ClNO3. The number of rotatable bonds is 5. The van der Waals surface area contributed by atoms with Crippen LogP contribution >= 0.6 is 11.6 Å². The van der Waals surface area contributed by atoms with E-state index in [0.717, 1.165) is 16.7 Å². The first kappa shape index (κ1) is 12.8. The van der Waals surface area contributed by atoms with Crippen molar-refractivity contribution in [1.29, 1.82) is 0 Å². The van der Waals surface area contributed by atoms with Crippen LogP contribution < -0.4 is 4.74 Å². The summed E-state index contributed by atoms with van der Waals surface area (Å²) in [4.78, 5) is 10.8. The fraction of sp³-hybridized carbons (Fsp3) is 0.308. The van der Waals surface area contributed by atoms with E-state index in [-0.39, 0.29) is 6.54 Å². The molecule has 0 aliphatic rings. The molecule has 0 saturated carbocycles. The van der Waals surface area contributed by atoms with Crippen LogP contribution in [0.5, 0.6) is 5.75 Å². The van der Waals surface area contributed by atoms with Gasteiger partial charge in [-0.1, -0.05) is 6.07 Å². The molecule has 1 atom stereocenters. The van der Waals surface area contributed by atoms with Crippen molar-refractivity contribution in [2.45, 2.75) is 18.8 Å². The normalized spacial score (nSPS) is 12.6. The number of carbonyl (C=O) groups is 1. The standard InChI is InChI=1S/C13H14ClNO3/c1-2-18-12-5-3-4-11-9(12)6-7-15(11)8-10(14)13(16)17/h3-7,10H,2,8H2,1H3,(H,16,17). The van der Waals surface area contributed by atoms with Crippen LogP contribution in [0.25, 0.3) is 10.9 Å². The summed E-state index contributed by atoms with van der Waals surface area (Å²) in [6, 6.07) is 7.61. The number of carboxylic acids is 1. The minimum absolute atomic E-state index is 0.232. The molecule has 0 radical (unpaired) electrons. The van der Waals surface area contributed by atoms with Crippen molar-refractivity contribution < 1.29 is 14.6 Å². The van der Waals surface area contributed by atoms with E-state index in [0.29, 0.717) is 6.61 Å². The molecular weight excluding hydrogens is 254 g/mol. The van der Waals surface area contributed by atoms with E-state index in [1.54, 1.807) is 0 Å². The van der Waals surface area contributed by atoms with Gasteiger partial charge in [-0.05, 0) is 25.1 Å². The fourth-order valence-corrected chi connectivity index (χ4v) is 2.04. The molecule has 1 heterocycles. The first-order chi connectivity index (χ1) is 8.63. The van der Waals surface area contributed by atoms with Gasteiger partial charge in [0.25, 0.3) is 0 Å². The predicted octanol–water partition coefficient (Wildman–Crippen LogP) is 2.73. The van der Waals surface area contributed by atoms with E-state index in [4.69, 9.17) is 21.4 Å². The quantitative estimate of drug-likeness (QED) is 0.848. The highest BCUT2D eigenvalue weighted by Crippen LogP contribution is 2.27. The molecule has 2 rings (SSSR count). The Labute approximate surface area is 110 Å². The van der Waals surface area contributed by atoms with Gasteiger partial charge in [-0.2, -0.15) is 0 Å². The van der Waals surface area contributed by atoms with Gasteiger partial charge < -0.3 is 14.4 Å². The number of halogens is 1. The number of benzene rings is 1. The molecule has 96 valence electrons. The lowest BCUT2D eigenvalue weighted by atomic mass is 10.2. The van der Waals surface area contributed by atoms with Gasteiger partial charge in [0.2, 0.25) is 0 Å². The Balaban J connectivity index is 2.36. The topological polar surface area (TPSA) is 51.5 Å². The van der Waals surface area contributed by atoms with Gasteiger partial charge in [0, 0.05) is 18.1 Å². The van der Waals surface area contributed by atoms with E-state index in [9.17, 15) is 4.79 Å². The summed E-state index contributed by atoms with van der Waals surface area (Å²) >= 11 is 5.76. The van der Waals surface area contributed by atoms with Crippen LogP contribution in [-0.2, 0) is 11.3 Å². The fourth-order valence-electron chi connectivity index (χ4n) is 1.89. The second kappa shape index (κ2) is 5.31. The van der Waals surface area contributed by atoms with Gasteiger partial charge in [-0.15, -0.1) is 11.6 Å². The number of carboxylic acid groups (broad SMARTS) is 1. The molecule has 0 aliphatic carbocycles. The van der Waals surface area contributed by atoms with Crippen molar-refractivity contribution in [2.75, 3.05) is 6.61 Å². The molecule has 18 heavy (non-hydrogen) atoms. The average Bonchev–Trinajstić information content (AvgIpc) is 2.74. The van der Waals surface area contributed by atoms with Crippen molar-refractivity contribution in [3.05, 3.63) is 30.5 Å². The Morgan fingerprint density at radius 2 is 2.28 bits per heavy atom. The molecule has 5 heteroatoms. The monoisotopic (exact) mass is 267 g/mol. The minimum Gasteiger partial charge on any atom is -0.493 e. The van der Waals surface area contributed by atoms with Crippen LogP contribution in [0, 0.1) is 0 Å². The summed E-state index contributed by atoms with van der Waals surface area (Å²) in [6.07, 6.45) is 1.82. The molecule has 1 aromatic carbocycles. The number of alkyl halides is 1. The minimum atomic E-state index is -1.01. The van der Waals surface area contributed by atoms with E-state index in [1.165, 1.54) is 0 Å². The Kier molecular flexibility index (Phi) is 3.77. The Morgan fingerprint density at radius 3 is 2.94 bits per heavy atom. The second-order valence-corrected chi connectivity index (χ2v) is 4.42. The molecule has 0 amide bonds. The molecule has 4 nitrogen and oxygen atoms in total. The van der Waals surface area contributed by atoms with E-state index < -0.39 is 11.3 Å². The Hall–Kier alpha value is -1.68. The largest absolute Gasteiger partial charge is 0.493 e. The van der Waals surface area contributed by atoms with Crippen molar-refractivity contribution in [2.24, 2.45) is 0 Å². The number of aromatic nitrogens is 1. The van der Waals surface area contributed by atoms with Gasteiger partial charge >= 0.3 is 5.97 Å². The summed E-state index contributed by atoms with van der Waals surface area (Å²) in [5.41, 5.74) is 0.924. The van der Waals surface area contributed by atoms with E-state index in [2.05, 4.69) is 0 Å². The number of hydrogen-bond acceptors (Lipinski definition) is 2. The molecule has 2 aromatic rings. The zero-order valence-electron chi connectivity index (χ0n) is 9.97. The Morgan fingerprint density at radius 1 is 1.50 bits per heavy atom. The lowest BCUT2D eigenvalue weighted by molar-refractivity contribution is -0.136. The number of ether oxygens (including phenoxy) is 1. The maximum Gasteiger partial charge on any atom is 0.323 e. The van der Waals surface area contributed by atoms with Crippen LogP contribution in [0.3, 0.4) is 0 Å². The third kappa shape index (κ3) is 2.43. The van der Waals surface area contributed by atoms with Crippen LogP contribution in [0.1, 0.15) is 6.92 Å². The van der Waals surface area contributed by atoms with E-state index >= 15 is 0 Å². The first-order valence-electron chi connectivity index (χ1n) is 5.71. The lowest BCUT2D eigenvalue weighted by Gasteiger charge is -2.09. The van der Waals surface area contributed by atoms with Crippen LogP contribution in [0.15, 0.2) is 30.5 Å². The maximum atomic E-state index is 10.8. The molecule has 1 N–H and O–H groups in total. The molecule has 0 saturated heterocycles. The van der Waals surface area contributed by atoms with Crippen molar-refractivity contribution in [3.8, 4) is 5.75 Å². The molecule has 1 aromatic heterocycles. The van der Waals surface area contributed by atoms with Crippen molar-refractivity contribution >= 4 is 28.5 Å². The van der Waals surface area contributed by atoms with Gasteiger partial charge in [0.05, 0.1) is 12.1 Å². The number of fused-ring (bicyclic) bond motifs is 1. The highest BCUT2D eigenvalue weighted by Gasteiger charge is 2.15. The predicted molar refractivity (Wildman–Crippen MR) is 70.4 cm³/mol. The smallest absolute Gasteiger partial charge is 0.323 e. The first-order valence-corrected chi connectivity index (χ1v) is 6.14. The number of aliphatic carboxylic acids is 1. The SMILES string of the molecule is CCOc1cccc2c1ccn2CC(Cl)C(=O)O. The van der Waals surface area contributed by atoms with Crippen molar-refractivity contribution in [3.63, 3.8) is 0 Å². The molecule has 0 spiro atoms. The Bertz CT molecular complexity index is 564. The summed E-state index contributed by atoms with van der Waals surface area (Å²) < 4.78 is 7.35. The molecule has 0 aliphatic heterocycles. The zero-order valence-corrected chi connectivity index (χ0v) is 10.7. The summed E-state index contributed by atoms with van der Waals surface area (Å²) in [5, 5.41) is 8.85. The highest BCUT2D eigenvalue weighted by molar-refractivity contribution is 6.29. The number of hydrogen-bond donors (Lipinski definition) is 1. The van der Waals surface area contributed by atoms with Crippen molar-refractivity contribution in [1.82, 2.24) is 4.57 Å². The van der Waals surface area contributed by atoms with Crippen LogP contribution in [-0.4, -0.2) is 27.6 Å². The van der Waals surface area contributed by atoms with Crippen LogP contribution in [0.4, 0.5) is 0 Å². The molecule has 0 bridgehead atoms. The van der Waals surface area contributed by atoms with Gasteiger partial charge in [0.15, 0.2) is 0 Å². The van der Waals surface area contributed by atoms with Crippen LogP contribution in [0.2, 0.25) is 0 Å². The summed E-state index contributed by atoms with van der Waals surface area (Å²) in [5.74, 6) is -0.213. The summed E-state index contributed by atoms with van der Waals surface area (Å²) in [7, 11) is 0. The number of nitrogens with zero attached hydrogens (tertiary/aromatic N) is 1. The second-order valence-electron chi connectivity index (χ2n) is 3.90. The van der Waals surface area contributed by atoms with Gasteiger partial charge in [-0.25, -0.2) is 0 Å². The third-order valence-electron chi connectivity index (χ3n) is 2.70. The zero-order chi connectivity index (χ0) is 13.1. The molecule has 0 fully saturated rings. The molecule has 1 unspecified atom stereocenters.